The normalized spacial score (nSPS) is 15.8. The molecule has 1 amide bonds. The van der Waals surface area contributed by atoms with Gasteiger partial charge in [-0.1, -0.05) is 42.5 Å². The molecule has 1 aliphatic rings. The van der Waals surface area contributed by atoms with Crippen molar-refractivity contribution in [1.82, 2.24) is 14.9 Å². The highest BCUT2D eigenvalue weighted by molar-refractivity contribution is 7.89. The Morgan fingerprint density at radius 3 is 2.55 bits per heavy atom. The van der Waals surface area contributed by atoms with Gasteiger partial charge in [-0.25, -0.2) is 13.1 Å². The molecule has 33 heavy (non-hydrogen) atoms. The minimum absolute atomic E-state index is 0.0531. The molecule has 0 radical (unpaired) electrons. The molecular formula is C24H27N3O4S2. The van der Waals surface area contributed by atoms with Crippen molar-refractivity contribution in [2.45, 2.75) is 17.5 Å². The highest BCUT2D eigenvalue weighted by Gasteiger charge is 2.24. The van der Waals surface area contributed by atoms with E-state index in [9.17, 15) is 13.2 Å². The van der Waals surface area contributed by atoms with Crippen molar-refractivity contribution in [3.05, 3.63) is 88.1 Å². The van der Waals surface area contributed by atoms with Crippen LogP contribution < -0.4 is 10.0 Å². The molecule has 0 aliphatic carbocycles. The number of benzene rings is 2. The van der Waals surface area contributed by atoms with Gasteiger partial charge >= 0.3 is 0 Å². The number of carbonyl (C=O) groups is 1. The van der Waals surface area contributed by atoms with Crippen molar-refractivity contribution in [3.8, 4) is 0 Å². The van der Waals surface area contributed by atoms with Gasteiger partial charge in [0.05, 0.1) is 24.2 Å². The number of rotatable bonds is 9. The Hall–Kier alpha value is -2.56. The van der Waals surface area contributed by atoms with E-state index in [4.69, 9.17) is 4.74 Å². The maximum atomic E-state index is 12.9. The van der Waals surface area contributed by atoms with Gasteiger partial charge in [0, 0.05) is 36.6 Å². The second-order valence-electron chi connectivity index (χ2n) is 7.73. The topological polar surface area (TPSA) is 87.7 Å². The van der Waals surface area contributed by atoms with E-state index in [0.29, 0.717) is 25.3 Å². The molecule has 0 bridgehead atoms. The molecule has 2 N–H and O–H groups in total. The van der Waals surface area contributed by atoms with E-state index in [2.05, 4.69) is 21.0 Å². The lowest BCUT2D eigenvalue weighted by molar-refractivity contribution is 0.0169. The Kier molecular flexibility index (Phi) is 7.89. The minimum atomic E-state index is -3.75. The second kappa shape index (κ2) is 11.0. The number of morpholine rings is 1. The summed E-state index contributed by atoms with van der Waals surface area (Å²) in [5.41, 5.74) is 1.17. The second-order valence-corrected chi connectivity index (χ2v) is 10.5. The Morgan fingerprint density at radius 2 is 1.82 bits per heavy atom. The average Bonchev–Trinajstić information content (AvgIpc) is 3.39. The molecule has 1 saturated heterocycles. The molecule has 4 rings (SSSR count). The van der Waals surface area contributed by atoms with Gasteiger partial charge in [-0.05, 0) is 35.2 Å². The summed E-state index contributed by atoms with van der Waals surface area (Å²) in [6, 6.07) is 19.5. The number of hydrogen-bond donors (Lipinski definition) is 2. The molecule has 1 atom stereocenters. The zero-order valence-electron chi connectivity index (χ0n) is 18.1. The summed E-state index contributed by atoms with van der Waals surface area (Å²) in [5.74, 6) is -0.301. The fourth-order valence-corrected chi connectivity index (χ4v) is 5.66. The Labute approximate surface area is 198 Å². The van der Waals surface area contributed by atoms with Crippen molar-refractivity contribution in [1.29, 1.82) is 0 Å². The highest BCUT2D eigenvalue weighted by atomic mass is 32.2. The summed E-state index contributed by atoms with van der Waals surface area (Å²) < 4.78 is 33.6. The fourth-order valence-electron chi connectivity index (χ4n) is 3.73. The third-order valence-electron chi connectivity index (χ3n) is 5.53. The van der Waals surface area contributed by atoms with E-state index < -0.39 is 10.0 Å². The zero-order chi connectivity index (χ0) is 23.1. The number of carbonyl (C=O) groups excluding carboxylic acids is 1. The molecule has 1 fully saturated rings. The van der Waals surface area contributed by atoms with E-state index in [0.717, 1.165) is 18.7 Å². The van der Waals surface area contributed by atoms with Crippen LogP contribution in [0.4, 0.5) is 0 Å². The summed E-state index contributed by atoms with van der Waals surface area (Å²) >= 11 is 1.66. The van der Waals surface area contributed by atoms with Crippen LogP contribution in [-0.2, 0) is 21.3 Å². The Balaban J connectivity index is 1.42. The van der Waals surface area contributed by atoms with E-state index in [1.165, 1.54) is 17.0 Å². The molecule has 174 valence electrons. The monoisotopic (exact) mass is 485 g/mol. The highest BCUT2D eigenvalue weighted by Crippen LogP contribution is 2.25. The number of nitrogens with one attached hydrogen (secondary N) is 2. The maximum Gasteiger partial charge on any atom is 0.251 e. The van der Waals surface area contributed by atoms with Crippen LogP contribution in [0.5, 0.6) is 0 Å². The summed E-state index contributed by atoms with van der Waals surface area (Å²) in [6.07, 6.45) is 0. The standard InChI is InChI=1S/C24H27N3O4S2/c28-24(25-18-22(23-10-5-15-32-23)27-11-13-31-14-12-27)20-8-4-9-21(16-20)33(29,30)26-17-19-6-2-1-3-7-19/h1-10,15-16,22,26H,11-14,17-18H2,(H,25,28)/t22-/m1/s1. The Morgan fingerprint density at radius 1 is 1.03 bits per heavy atom. The number of nitrogens with zero attached hydrogens (tertiary/aromatic N) is 1. The van der Waals surface area contributed by atoms with Crippen LogP contribution in [0.3, 0.4) is 0 Å². The molecule has 7 nitrogen and oxygen atoms in total. The molecule has 1 aliphatic heterocycles. The molecule has 2 aromatic carbocycles. The molecule has 2 heterocycles. The van der Waals surface area contributed by atoms with E-state index >= 15 is 0 Å². The van der Waals surface area contributed by atoms with Crippen LogP contribution in [0.15, 0.2) is 77.0 Å². The van der Waals surface area contributed by atoms with Crippen LogP contribution in [0.1, 0.15) is 26.8 Å². The predicted molar refractivity (Wildman–Crippen MR) is 129 cm³/mol. The molecule has 0 unspecified atom stereocenters. The summed E-state index contributed by atoms with van der Waals surface area (Å²) in [7, 11) is -3.75. The maximum absolute atomic E-state index is 12.9. The first-order valence-electron chi connectivity index (χ1n) is 10.8. The number of amides is 1. The number of ether oxygens (including phenoxy) is 1. The third kappa shape index (κ3) is 6.27. The fraction of sp³-hybridized carbons (Fsp3) is 0.292. The van der Waals surface area contributed by atoms with Gasteiger partial charge in [0.1, 0.15) is 0 Å². The quantitative estimate of drug-likeness (QED) is 0.487. The first-order valence-corrected chi connectivity index (χ1v) is 13.2. The lowest BCUT2D eigenvalue weighted by Gasteiger charge is -2.34. The predicted octanol–water partition coefficient (Wildman–Crippen LogP) is 3.03. The van der Waals surface area contributed by atoms with Crippen molar-refractivity contribution >= 4 is 27.3 Å². The van der Waals surface area contributed by atoms with Crippen LogP contribution in [0.25, 0.3) is 0 Å². The molecule has 9 heteroatoms. The molecule has 0 spiro atoms. The van der Waals surface area contributed by atoms with Gasteiger partial charge in [-0.2, -0.15) is 0 Å². The van der Waals surface area contributed by atoms with Crippen LogP contribution >= 0.6 is 11.3 Å². The number of thiophene rings is 1. The first-order chi connectivity index (χ1) is 16.0. The van der Waals surface area contributed by atoms with Gasteiger partial charge in [-0.15, -0.1) is 11.3 Å². The molecule has 3 aromatic rings. The summed E-state index contributed by atoms with van der Waals surface area (Å²) in [4.78, 5) is 16.4. The lowest BCUT2D eigenvalue weighted by atomic mass is 10.1. The van der Waals surface area contributed by atoms with Crippen LogP contribution in [-0.4, -0.2) is 52.1 Å². The minimum Gasteiger partial charge on any atom is -0.379 e. The number of sulfonamides is 1. The molecular weight excluding hydrogens is 458 g/mol. The van der Waals surface area contributed by atoms with E-state index in [1.54, 1.807) is 23.5 Å². The van der Waals surface area contributed by atoms with Crippen LogP contribution in [0, 0.1) is 0 Å². The van der Waals surface area contributed by atoms with Crippen molar-refractivity contribution in [2.75, 3.05) is 32.8 Å². The van der Waals surface area contributed by atoms with Crippen molar-refractivity contribution in [2.24, 2.45) is 0 Å². The van der Waals surface area contributed by atoms with Gasteiger partial charge in [0.2, 0.25) is 10.0 Å². The van der Waals surface area contributed by atoms with Gasteiger partial charge < -0.3 is 10.1 Å². The van der Waals surface area contributed by atoms with Gasteiger partial charge in [-0.3, -0.25) is 9.69 Å². The SMILES string of the molecule is O=C(NC[C@H](c1cccs1)N1CCOCC1)c1cccc(S(=O)(=O)NCc2ccccc2)c1. The lowest BCUT2D eigenvalue weighted by Crippen LogP contribution is -2.43. The first kappa shape index (κ1) is 23.6. The average molecular weight is 486 g/mol. The van der Waals surface area contributed by atoms with Crippen LogP contribution in [0.2, 0.25) is 0 Å². The van der Waals surface area contributed by atoms with E-state index in [-0.39, 0.29) is 23.4 Å². The smallest absolute Gasteiger partial charge is 0.251 e. The van der Waals surface area contributed by atoms with Crippen molar-refractivity contribution < 1.29 is 17.9 Å². The third-order valence-corrected chi connectivity index (χ3v) is 7.90. The zero-order valence-corrected chi connectivity index (χ0v) is 19.8. The van der Waals surface area contributed by atoms with Crippen molar-refractivity contribution in [3.63, 3.8) is 0 Å². The Bertz CT molecular complexity index is 1150. The van der Waals surface area contributed by atoms with Gasteiger partial charge in [0.25, 0.3) is 5.91 Å². The van der Waals surface area contributed by atoms with Gasteiger partial charge in [0.15, 0.2) is 0 Å². The molecule has 0 saturated carbocycles. The largest absolute Gasteiger partial charge is 0.379 e. The summed E-state index contributed by atoms with van der Waals surface area (Å²) in [6.45, 7) is 3.57. The summed E-state index contributed by atoms with van der Waals surface area (Å²) in [5, 5.41) is 5.02. The molecule has 1 aromatic heterocycles. The van der Waals surface area contributed by atoms with E-state index in [1.807, 2.05) is 41.8 Å². The number of hydrogen-bond acceptors (Lipinski definition) is 6.